The Hall–Kier alpha value is 0.420. The van der Waals surface area contributed by atoms with Gasteiger partial charge in [0.25, 0.3) is 0 Å². The summed E-state index contributed by atoms with van der Waals surface area (Å²) >= 11 is 1.16. The van der Waals surface area contributed by atoms with Gasteiger partial charge in [0.15, 0.2) is 0 Å². The van der Waals surface area contributed by atoms with Crippen LogP contribution in [-0.2, 0) is 20.9 Å². The third kappa shape index (κ3) is 277. The van der Waals surface area contributed by atoms with E-state index in [4.69, 9.17) is 0 Å². The fraction of sp³-hybridized carbons (Fsp3) is 1.00. The van der Waals surface area contributed by atoms with Crippen molar-refractivity contribution in [1.82, 2.24) is 0 Å². The van der Waals surface area contributed by atoms with E-state index in [-0.39, 0.29) is 0 Å². The predicted molar refractivity (Wildman–Crippen MR) is 63.2 cm³/mol. The monoisotopic (exact) mass is 370 g/mol. The van der Waals surface area contributed by atoms with Crippen molar-refractivity contribution in [3.8, 4) is 0 Å². The van der Waals surface area contributed by atoms with Crippen molar-refractivity contribution in [2.45, 2.75) is 19.9 Å². The topological polar surface area (TPSA) is 54.7 Å². The van der Waals surface area contributed by atoms with Gasteiger partial charge in [-0.3, -0.25) is 0 Å². The van der Waals surface area contributed by atoms with Crippen molar-refractivity contribution >= 4 is 0 Å². The predicted octanol–water partition coefficient (Wildman–Crippen LogP) is 2.98. The Bertz CT molecular complexity index is 65.1. The summed E-state index contributed by atoms with van der Waals surface area (Å²) < 4.78 is 4.00. The van der Waals surface area contributed by atoms with Crippen molar-refractivity contribution in [1.29, 1.82) is 0 Å². The largest absolute Gasteiger partial charge is 0.668 e. The number of rotatable bonds is 1. The van der Waals surface area contributed by atoms with Gasteiger partial charge in [-0.2, -0.15) is 42.3 Å². The average molecular weight is 370 g/mol. The molecule has 0 atom stereocenters. The van der Waals surface area contributed by atoms with E-state index in [1.807, 2.05) is 0 Å². The van der Waals surface area contributed by atoms with Gasteiger partial charge in [-0.05, 0) is 0 Å². The molecule has 0 spiro atoms. The van der Waals surface area contributed by atoms with Crippen LogP contribution >= 0.6 is 0 Å². The maximum Gasteiger partial charge on any atom is -0.162 e. The van der Waals surface area contributed by atoms with E-state index in [0.29, 0.717) is 6.04 Å². The molecule has 0 heterocycles. The molecule has 14 heavy (non-hydrogen) atoms. The molecule has 0 aromatic carbocycles. The first kappa shape index (κ1) is 23.9. The minimum Gasteiger partial charge on any atom is -0.668 e. The molecule has 0 N–H and O–H groups in total. The summed E-state index contributed by atoms with van der Waals surface area (Å²) in [5, 5.41) is 10.5. The Labute approximate surface area is 102 Å². The summed E-state index contributed by atoms with van der Waals surface area (Å²) in [4.78, 5) is 0. The first-order chi connectivity index (χ1) is 6.51. The van der Waals surface area contributed by atoms with Gasteiger partial charge < -0.3 is 16.0 Å². The molecule has 0 amide bonds. The van der Waals surface area contributed by atoms with E-state index in [9.17, 15) is 0 Å². The van der Waals surface area contributed by atoms with Gasteiger partial charge in [0, 0.05) is 0 Å². The van der Waals surface area contributed by atoms with Crippen LogP contribution in [0.5, 0.6) is 0 Å². The molecule has 0 fully saturated rings. The van der Waals surface area contributed by atoms with E-state index in [0.717, 1.165) is 20.9 Å². The minimum absolute atomic E-state index is 0.559. The quantitative estimate of drug-likeness (QED) is 0.682. The summed E-state index contributed by atoms with van der Waals surface area (Å²) in [6, 6.07) is 0.559. The van der Waals surface area contributed by atoms with Crippen LogP contribution < -0.4 is 0 Å². The van der Waals surface area contributed by atoms with Gasteiger partial charge in [-0.15, -0.1) is 0 Å². The Morgan fingerprint density at radius 3 is 0.857 bits per heavy atom. The van der Waals surface area contributed by atoms with Crippen LogP contribution in [0.4, 0.5) is 0 Å². The van der Waals surface area contributed by atoms with Crippen LogP contribution in [0.25, 0.3) is 16.0 Å². The molecule has 0 aromatic heterocycles. The molecule has 0 aliphatic rings. The van der Waals surface area contributed by atoms with Gasteiger partial charge in [-0.1, -0.05) is 0 Å². The van der Waals surface area contributed by atoms with Gasteiger partial charge in [0.05, 0.1) is 0 Å². The van der Waals surface area contributed by atoms with Crippen LogP contribution in [-0.4, -0.2) is 48.3 Å². The molecule has 0 rings (SSSR count). The summed E-state index contributed by atoms with van der Waals surface area (Å²) in [6.45, 7) is 4.17. The second-order valence-electron chi connectivity index (χ2n) is 2.55. The summed E-state index contributed by atoms with van der Waals surface area (Å²) in [5.41, 5.74) is 0. The first-order valence-corrected chi connectivity index (χ1v) is 5.73. The van der Waals surface area contributed by atoms with Crippen molar-refractivity contribution < 1.29 is 20.9 Å². The fourth-order valence-electron chi connectivity index (χ4n) is 0. The third-order valence-corrected chi connectivity index (χ3v) is 1.89. The molecule has 89 valence electrons. The standard InChI is InChI=1S/C3H7N.3C2H6N.Ta/c1-3(2)4;3*1-3-2;/h3H,1-2H3;3*1-2H3;/q;3*-1;. The van der Waals surface area contributed by atoms with Crippen LogP contribution in [0.15, 0.2) is 3.34 Å². The Morgan fingerprint density at radius 2 is 0.857 bits per heavy atom. The van der Waals surface area contributed by atoms with Crippen LogP contribution in [0.3, 0.4) is 0 Å². The second-order valence-corrected chi connectivity index (χ2v) is 3.38. The van der Waals surface area contributed by atoms with Gasteiger partial charge in [0.2, 0.25) is 0 Å². The Balaban J connectivity index is -0.0000000495. The maximum absolute atomic E-state index is 4.00. The van der Waals surface area contributed by atoms with Crippen molar-refractivity contribution in [3.05, 3.63) is 16.0 Å². The zero-order valence-electron chi connectivity index (χ0n) is 10.8. The van der Waals surface area contributed by atoms with Crippen LogP contribution in [0.1, 0.15) is 13.8 Å². The number of nitrogens with zero attached hydrogens (tertiary/aromatic N) is 4. The maximum atomic E-state index is 4.00. The van der Waals surface area contributed by atoms with Crippen molar-refractivity contribution in [2.24, 2.45) is 3.34 Å². The Morgan fingerprint density at radius 1 is 0.786 bits per heavy atom. The molecule has 0 bridgehead atoms. The SMILES string of the molecule is CC(C)[N]=[Ta].C[N-]C.C[N-]C.C[N-]C. The molecule has 0 aromatic rings. The molecule has 4 nitrogen and oxygen atoms in total. The Kier molecular flexibility index (Phi) is 64.2. The van der Waals surface area contributed by atoms with E-state index >= 15 is 0 Å². The molecule has 0 saturated carbocycles. The van der Waals surface area contributed by atoms with E-state index in [1.54, 1.807) is 42.3 Å². The zero-order valence-corrected chi connectivity index (χ0v) is 14.0. The number of hydrogen-bond donors (Lipinski definition) is 0. The second kappa shape index (κ2) is 37.6. The fourth-order valence-corrected chi connectivity index (χ4v) is 0. The zero-order chi connectivity index (χ0) is 12.4. The third-order valence-electron chi connectivity index (χ3n) is 0.231. The molecule has 5 heteroatoms. The first-order valence-electron chi connectivity index (χ1n) is 4.30. The van der Waals surface area contributed by atoms with Crippen LogP contribution in [0, 0.1) is 0 Å². The average Bonchev–Trinajstić information content (AvgIpc) is 2.08. The molecular formula is C9H25N4Ta-3. The molecule has 0 aliphatic heterocycles. The molecule has 0 aliphatic carbocycles. The smallest absolute Gasteiger partial charge is 0.162 e. The van der Waals surface area contributed by atoms with Crippen molar-refractivity contribution in [3.63, 3.8) is 0 Å². The molecule has 0 unspecified atom stereocenters. The van der Waals surface area contributed by atoms with Gasteiger partial charge >= 0.3 is 44.1 Å². The summed E-state index contributed by atoms with van der Waals surface area (Å²) in [7, 11) is 10.5. The van der Waals surface area contributed by atoms with E-state index in [1.165, 1.54) is 0 Å². The van der Waals surface area contributed by atoms with E-state index < -0.39 is 0 Å². The summed E-state index contributed by atoms with van der Waals surface area (Å²) in [5.74, 6) is 0. The molecule has 0 saturated heterocycles. The molecular weight excluding hydrogens is 345 g/mol. The summed E-state index contributed by atoms with van der Waals surface area (Å²) in [6.07, 6.45) is 0. The normalized spacial score (nSPS) is 6.86. The van der Waals surface area contributed by atoms with Crippen LogP contribution in [0.2, 0.25) is 0 Å². The van der Waals surface area contributed by atoms with E-state index in [2.05, 4.69) is 33.1 Å². The number of hydrogen-bond acceptors (Lipinski definition) is 1. The van der Waals surface area contributed by atoms with Gasteiger partial charge in [-0.25, -0.2) is 0 Å². The van der Waals surface area contributed by atoms with Crippen molar-refractivity contribution in [2.75, 3.05) is 42.3 Å². The van der Waals surface area contributed by atoms with Gasteiger partial charge in [0.1, 0.15) is 0 Å². The molecule has 0 radical (unpaired) electrons. The minimum atomic E-state index is 0.559.